The van der Waals surface area contributed by atoms with Crippen LogP contribution in [-0.4, -0.2) is 47.3 Å². The first-order valence-electron chi connectivity index (χ1n) is 10.5. The first-order chi connectivity index (χ1) is 14.6. The van der Waals surface area contributed by atoms with E-state index in [4.69, 9.17) is 4.98 Å². The van der Waals surface area contributed by atoms with Crippen LogP contribution < -0.4 is 5.32 Å². The average molecular weight is 422 g/mol. The second-order valence-electron chi connectivity index (χ2n) is 7.99. The molecule has 1 aromatic heterocycles. The van der Waals surface area contributed by atoms with Crippen molar-refractivity contribution in [3.8, 4) is 0 Å². The molecule has 1 aliphatic heterocycles. The molecule has 0 saturated carbocycles. The predicted octanol–water partition coefficient (Wildman–Crippen LogP) is 3.79. The molecule has 0 spiro atoms. The first kappa shape index (κ1) is 20.7. The van der Waals surface area contributed by atoms with E-state index in [-0.39, 0.29) is 11.7 Å². The molecule has 1 atom stereocenters. The van der Waals surface area contributed by atoms with Crippen molar-refractivity contribution >= 4 is 33.2 Å². The maximum atomic E-state index is 12.6. The number of para-hydroxylation sites is 1. The minimum Gasteiger partial charge on any atom is -0.345 e. The predicted molar refractivity (Wildman–Crippen MR) is 121 cm³/mol. The van der Waals surface area contributed by atoms with E-state index in [2.05, 4.69) is 28.4 Å². The number of fused-ring (bicyclic) bond motifs is 1. The van der Waals surface area contributed by atoms with Crippen LogP contribution in [0.25, 0.3) is 10.2 Å². The molecule has 1 amide bonds. The van der Waals surface area contributed by atoms with Gasteiger partial charge in [-0.1, -0.05) is 42.5 Å². The summed E-state index contributed by atoms with van der Waals surface area (Å²) in [7, 11) is 0. The molecule has 1 fully saturated rings. The van der Waals surface area contributed by atoms with Gasteiger partial charge in [-0.3, -0.25) is 14.5 Å². The number of hydrogen-bond donors (Lipinski definition) is 1. The van der Waals surface area contributed by atoms with E-state index in [1.54, 1.807) is 11.3 Å². The SMILES string of the molecule is CC(=O)[C@H](Cc1ccccc1)NC(=O)CN1CCC(c2nc3ccccc3s2)CC1. The third-order valence-corrected chi connectivity index (χ3v) is 6.92. The summed E-state index contributed by atoms with van der Waals surface area (Å²) in [5.74, 6) is 0.371. The van der Waals surface area contributed by atoms with Crippen molar-refractivity contribution in [3.63, 3.8) is 0 Å². The highest BCUT2D eigenvalue weighted by molar-refractivity contribution is 7.18. The maximum absolute atomic E-state index is 12.6. The Hall–Kier alpha value is -2.57. The molecule has 5 nitrogen and oxygen atoms in total. The fourth-order valence-electron chi connectivity index (χ4n) is 3.99. The van der Waals surface area contributed by atoms with Crippen LogP contribution >= 0.6 is 11.3 Å². The Labute approximate surface area is 181 Å². The van der Waals surface area contributed by atoms with Crippen LogP contribution in [-0.2, 0) is 16.0 Å². The third kappa shape index (κ3) is 5.12. The molecule has 0 bridgehead atoms. The van der Waals surface area contributed by atoms with E-state index in [0.717, 1.165) is 37.0 Å². The lowest BCUT2D eigenvalue weighted by Gasteiger charge is -2.30. The summed E-state index contributed by atoms with van der Waals surface area (Å²) in [6, 6.07) is 17.6. The number of piperidine rings is 1. The molecule has 0 radical (unpaired) electrons. The van der Waals surface area contributed by atoms with Crippen LogP contribution in [0, 0.1) is 0 Å². The van der Waals surface area contributed by atoms with E-state index in [1.807, 2.05) is 36.4 Å². The minimum absolute atomic E-state index is 0.0123. The molecular formula is C24H27N3O2S. The topological polar surface area (TPSA) is 62.3 Å². The second kappa shape index (κ2) is 9.49. The van der Waals surface area contributed by atoms with Gasteiger partial charge in [-0.15, -0.1) is 11.3 Å². The highest BCUT2D eigenvalue weighted by atomic mass is 32.1. The number of aromatic nitrogens is 1. The van der Waals surface area contributed by atoms with Crippen LogP contribution in [0.5, 0.6) is 0 Å². The molecule has 30 heavy (non-hydrogen) atoms. The maximum Gasteiger partial charge on any atom is 0.234 e. The molecule has 1 aliphatic rings. The summed E-state index contributed by atoms with van der Waals surface area (Å²) >= 11 is 1.79. The Bertz CT molecular complexity index is 976. The standard InChI is InChI=1S/C24H27N3O2S/c1-17(28)21(15-18-7-3-2-4-8-18)25-23(29)16-27-13-11-19(12-14-27)24-26-20-9-5-6-10-22(20)30-24/h2-10,19,21H,11-16H2,1H3,(H,25,29)/t21-/m0/s1. The normalized spacial score (nSPS) is 16.4. The quantitative estimate of drug-likeness (QED) is 0.630. The number of hydrogen-bond acceptors (Lipinski definition) is 5. The van der Waals surface area contributed by atoms with Crippen LogP contribution in [0.4, 0.5) is 0 Å². The Kier molecular flexibility index (Phi) is 6.55. The van der Waals surface area contributed by atoms with E-state index in [9.17, 15) is 9.59 Å². The molecule has 4 rings (SSSR count). The van der Waals surface area contributed by atoms with Gasteiger partial charge in [0.15, 0.2) is 5.78 Å². The zero-order chi connectivity index (χ0) is 20.9. The summed E-state index contributed by atoms with van der Waals surface area (Å²) in [6.07, 6.45) is 2.54. The van der Waals surface area contributed by atoms with Gasteiger partial charge in [0.2, 0.25) is 5.91 Å². The van der Waals surface area contributed by atoms with Crippen molar-refractivity contribution in [1.82, 2.24) is 15.2 Å². The summed E-state index contributed by atoms with van der Waals surface area (Å²) in [6.45, 7) is 3.62. The number of amides is 1. The molecule has 2 heterocycles. The molecular weight excluding hydrogens is 394 g/mol. The van der Waals surface area contributed by atoms with Gasteiger partial charge in [-0.25, -0.2) is 4.98 Å². The monoisotopic (exact) mass is 421 g/mol. The van der Waals surface area contributed by atoms with Crippen LogP contribution in [0.2, 0.25) is 0 Å². The second-order valence-corrected chi connectivity index (χ2v) is 9.05. The van der Waals surface area contributed by atoms with Gasteiger partial charge in [0, 0.05) is 5.92 Å². The average Bonchev–Trinajstić information content (AvgIpc) is 3.19. The third-order valence-electron chi connectivity index (χ3n) is 5.72. The number of benzene rings is 2. The molecule has 1 saturated heterocycles. The van der Waals surface area contributed by atoms with Crippen molar-refractivity contribution in [3.05, 3.63) is 65.2 Å². The number of likely N-dealkylation sites (tertiary alicyclic amines) is 1. The lowest BCUT2D eigenvalue weighted by molar-refractivity contribution is -0.127. The van der Waals surface area contributed by atoms with E-state index >= 15 is 0 Å². The van der Waals surface area contributed by atoms with Gasteiger partial charge >= 0.3 is 0 Å². The smallest absolute Gasteiger partial charge is 0.234 e. The van der Waals surface area contributed by atoms with E-state index in [0.29, 0.717) is 18.9 Å². The van der Waals surface area contributed by atoms with Crippen LogP contribution in [0.1, 0.15) is 36.3 Å². The summed E-state index contributed by atoms with van der Waals surface area (Å²) < 4.78 is 1.24. The fourth-order valence-corrected chi connectivity index (χ4v) is 5.13. The van der Waals surface area contributed by atoms with Gasteiger partial charge in [0.05, 0.1) is 27.8 Å². The molecule has 2 aromatic carbocycles. The highest BCUT2D eigenvalue weighted by Gasteiger charge is 2.25. The van der Waals surface area contributed by atoms with Gasteiger partial charge in [-0.2, -0.15) is 0 Å². The Morgan fingerprint density at radius 2 is 1.80 bits per heavy atom. The zero-order valence-corrected chi connectivity index (χ0v) is 18.0. The van der Waals surface area contributed by atoms with Crippen molar-refractivity contribution in [2.75, 3.05) is 19.6 Å². The number of ketones is 1. The van der Waals surface area contributed by atoms with Gasteiger partial charge in [0.25, 0.3) is 0 Å². The number of rotatable bonds is 7. The lowest BCUT2D eigenvalue weighted by Crippen LogP contribution is -2.47. The highest BCUT2D eigenvalue weighted by Crippen LogP contribution is 2.33. The number of Topliss-reactive ketones (excluding diaryl/α,β-unsaturated/α-hetero) is 1. The van der Waals surface area contributed by atoms with Gasteiger partial charge < -0.3 is 5.32 Å². The van der Waals surface area contributed by atoms with Gasteiger partial charge in [-0.05, 0) is 57.0 Å². The number of nitrogens with zero attached hydrogens (tertiary/aromatic N) is 2. The van der Waals surface area contributed by atoms with Crippen molar-refractivity contribution in [2.24, 2.45) is 0 Å². The van der Waals surface area contributed by atoms with Gasteiger partial charge in [0.1, 0.15) is 0 Å². The minimum atomic E-state index is -0.472. The Morgan fingerprint density at radius 1 is 1.10 bits per heavy atom. The molecule has 1 N–H and O–H groups in total. The Morgan fingerprint density at radius 3 is 2.50 bits per heavy atom. The molecule has 0 unspecified atom stereocenters. The van der Waals surface area contributed by atoms with E-state index in [1.165, 1.54) is 16.6 Å². The molecule has 0 aliphatic carbocycles. The van der Waals surface area contributed by atoms with Crippen molar-refractivity contribution < 1.29 is 9.59 Å². The van der Waals surface area contributed by atoms with Crippen LogP contribution in [0.15, 0.2) is 54.6 Å². The summed E-state index contributed by atoms with van der Waals surface area (Å²) in [5.41, 5.74) is 2.13. The lowest BCUT2D eigenvalue weighted by atomic mass is 9.97. The number of nitrogens with one attached hydrogen (secondary N) is 1. The number of thiazole rings is 1. The molecule has 156 valence electrons. The number of carbonyl (C=O) groups is 2. The first-order valence-corrected chi connectivity index (χ1v) is 11.3. The largest absolute Gasteiger partial charge is 0.345 e. The van der Waals surface area contributed by atoms with Crippen LogP contribution in [0.3, 0.4) is 0 Å². The number of carbonyl (C=O) groups excluding carboxylic acids is 2. The fraction of sp³-hybridized carbons (Fsp3) is 0.375. The van der Waals surface area contributed by atoms with E-state index < -0.39 is 6.04 Å². The van der Waals surface area contributed by atoms with Crippen molar-refractivity contribution in [2.45, 2.75) is 38.1 Å². The molecule has 3 aromatic rings. The zero-order valence-electron chi connectivity index (χ0n) is 17.2. The summed E-state index contributed by atoms with van der Waals surface area (Å²) in [4.78, 5) is 31.6. The Balaban J connectivity index is 1.28. The summed E-state index contributed by atoms with van der Waals surface area (Å²) in [5, 5.41) is 4.14. The molecule has 6 heteroatoms. The van der Waals surface area contributed by atoms with Crippen molar-refractivity contribution in [1.29, 1.82) is 0 Å².